The van der Waals surface area contributed by atoms with Crippen LogP contribution in [0.5, 0.6) is 0 Å². The van der Waals surface area contributed by atoms with Crippen LogP contribution < -0.4 is 10.2 Å². The molecule has 1 aliphatic heterocycles. The number of aromatic nitrogens is 1. The van der Waals surface area contributed by atoms with Gasteiger partial charge in [0.05, 0.1) is 11.3 Å². The highest BCUT2D eigenvalue weighted by atomic mass is 35.5. The predicted octanol–water partition coefficient (Wildman–Crippen LogP) is 5.47. The third-order valence-electron chi connectivity index (χ3n) is 5.49. The van der Waals surface area contributed by atoms with Crippen molar-refractivity contribution in [1.82, 2.24) is 4.98 Å². The number of benzene rings is 1. The van der Waals surface area contributed by atoms with Crippen LogP contribution in [-0.2, 0) is 4.79 Å². The number of rotatable bonds is 6. The molecular formula is C25H29ClN4O2. The molecule has 1 aliphatic rings. The summed E-state index contributed by atoms with van der Waals surface area (Å²) in [6.07, 6.45) is 4.51. The molecule has 1 amide bonds. The van der Waals surface area contributed by atoms with Gasteiger partial charge in [-0.2, -0.15) is 5.26 Å². The number of carbonyl (C=O) groups is 2. The molecule has 6 nitrogen and oxygen atoms in total. The van der Waals surface area contributed by atoms with Crippen molar-refractivity contribution >= 4 is 34.8 Å². The summed E-state index contributed by atoms with van der Waals surface area (Å²) in [7, 11) is 0. The second-order valence-corrected chi connectivity index (χ2v) is 10.0. The zero-order chi connectivity index (χ0) is 23.3. The summed E-state index contributed by atoms with van der Waals surface area (Å²) in [4.78, 5) is 31.7. The minimum Gasteiger partial charge on any atom is -0.355 e. The summed E-state index contributed by atoms with van der Waals surface area (Å²) in [5, 5.41) is 12.6. The summed E-state index contributed by atoms with van der Waals surface area (Å²) in [6.45, 7) is 7.74. The smallest absolute Gasteiger partial charge is 0.255 e. The topological polar surface area (TPSA) is 86.1 Å². The number of piperidine rings is 1. The number of nitrogens with zero attached hydrogens (tertiary/aromatic N) is 3. The summed E-state index contributed by atoms with van der Waals surface area (Å²) in [6, 6.07) is 10.4. The first kappa shape index (κ1) is 23.7. The van der Waals surface area contributed by atoms with Gasteiger partial charge in [-0.15, -0.1) is 0 Å². The average Bonchev–Trinajstić information content (AvgIpc) is 2.73. The van der Waals surface area contributed by atoms with Crippen molar-refractivity contribution in [2.24, 2.45) is 11.3 Å². The molecule has 0 bridgehead atoms. The van der Waals surface area contributed by atoms with E-state index in [1.807, 2.05) is 0 Å². The standard InChI is InChI=1S/C25H29ClN4O2/c1-25(2,3)14-21(31)11-17-7-9-30(10-8-17)23-22(12-18(15-27)16-28-23)29-24(32)19-5-4-6-20(26)13-19/h4-6,12-13,16-17H,7-11,14H2,1-3H3,(H,29,32). The van der Waals surface area contributed by atoms with Crippen LogP contribution in [0.25, 0.3) is 0 Å². The Bertz CT molecular complexity index is 1030. The fourth-order valence-electron chi connectivity index (χ4n) is 4.02. The van der Waals surface area contributed by atoms with Crippen LogP contribution in [0.15, 0.2) is 36.5 Å². The fourth-order valence-corrected chi connectivity index (χ4v) is 4.21. The lowest BCUT2D eigenvalue weighted by Crippen LogP contribution is -2.35. The molecule has 2 heterocycles. The molecule has 0 unspecified atom stereocenters. The molecule has 1 aromatic heterocycles. The Kier molecular flexibility index (Phi) is 7.52. The van der Waals surface area contributed by atoms with Gasteiger partial charge in [-0.05, 0) is 48.4 Å². The number of hydrogen-bond acceptors (Lipinski definition) is 5. The maximum absolute atomic E-state index is 12.8. The number of halogens is 1. The number of carbonyl (C=O) groups excluding carboxylic acids is 2. The molecule has 32 heavy (non-hydrogen) atoms. The Morgan fingerprint density at radius 1 is 1.25 bits per heavy atom. The van der Waals surface area contributed by atoms with Gasteiger partial charge in [0, 0.05) is 42.7 Å². The lowest BCUT2D eigenvalue weighted by atomic mass is 9.84. The quantitative estimate of drug-likeness (QED) is 0.627. The monoisotopic (exact) mass is 452 g/mol. The van der Waals surface area contributed by atoms with Crippen LogP contribution >= 0.6 is 11.6 Å². The van der Waals surface area contributed by atoms with Crippen LogP contribution in [0.4, 0.5) is 11.5 Å². The van der Waals surface area contributed by atoms with E-state index in [1.54, 1.807) is 30.3 Å². The average molecular weight is 453 g/mol. The molecule has 1 fully saturated rings. The van der Waals surface area contributed by atoms with Crippen LogP contribution in [0.3, 0.4) is 0 Å². The van der Waals surface area contributed by atoms with Gasteiger partial charge < -0.3 is 10.2 Å². The van der Waals surface area contributed by atoms with E-state index in [2.05, 4.69) is 42.0 Å². The van der Waals surface area contributed by atoms with Crippen molar-refractivity contribution in [3.05, 3.63) is 52.7 Å². The van der Waals surface area contributed by atoms with E-state index in [0.29, 0.717) is 52.2 Å². The van der Waals surface area contributed by atoms with Gasteiger partial charge >= 0.3 is 0 Å². The van der Waals surface area contributed by atoms with E-state index in [9.17, 15) is 14.9 Å². The van der Waals surface area contributed by atoms with Crippen molar-refractivity contribution in [3.8, 4) is 6.07 Å². The molecule has 0 atom stereocenters. The number of ketones is 1. The van der Waals surface area contributed by atoms with Gasteiger partial charge in [0.15, 0.2) is 5.82 Å². The minimum absolute atomic E-state index is 0.0142. The van der Waals surface area contributed by atoms with E-state index in [0.717, 1.165) is 25.9 Å². The summed E-state index contributed by atoms with van der Waals surface area (Å²) >= 11 is 6.01. The van der Waals surface area contributed by atoms with E-state index >= 15 is 0 Å². The molecule has 7 heteroatoms. The van der Waals surface area contributed by atoms with Crippen LogP contribution in [0.1, 0.15) is 62.4 Å². The molecule has 1 aromatic carbocycles. The lowest BCUT2D eigenvalue weighted by Gasteiger charge is -2.34. The van der Waals surface area contributed by atoms with Crippen molar-refractivity contribution in [2.75, 3.05) is 23.3 Å². The first-order valence-corrected chi connectivity index (χ1v) is 11.3. The maximum atomic E-state index is 12.8. The number of hydrogen-bond donors (Lipinski definition) is 1. The Balaban J connectivity index is 1.70. The first-order chi connectivity index (χ1) is 15.1. The van der Waals surface area contributed by atoms with Crippen molar-refractivity contribution < 1.29 is 9.59 Å². The molecular weight excluding hydrogens is 424 g/mol. The normalized spacial score (nSPS) is 14.7. The van der Waals surface area contributed by atoms with E-state index in [4.69, 9.17) is 11.6 Å². The molecule has 0 saturated carbocycles. The lowest BCUT2D eigenvalue weighted by molar-refractivity contribution is -0.121. The fraction of sp³-hybridized carbons (Fsp3) is 0.440. The van der Waals surface area contributed by atoms with E-state index < -0.39 is 0 Å². The molecule has 3 rings (SSSR count). The summed E-state index contributed by atoms with van der Waals surface area (Å²) in [5.74, 6) is 1.01. The highest BCUT2D eigenvalue weighted by molar-refractivity contribution is 6.31. The molecule has 168 valence electrons. The van der Waals surface area contributed by atoms with Crippen molar-refractivity contribution in [3.63, 3.8) is 0 Å². The number of pyridine rings is 1. The maximum Gasteiger partial charge on any atom is 0.255 e. The predicted molar refractivity (Wildman–Crippen MR) is 127 cm³/mol. The molecule has 0 aliphatic carbocycles. The Labute approximate surface area is 194 Å². The number of anilines is 2. The van der Waals surface area contributed by atoms with Crippen molar-refractivity contribution in [2.45, 2.75) is 46.5 Å². The van der Waals surface area contributed by atoms with E-state index in [1.165, 1.54) is 6.20 Å². The Morgan fingerprint density at radius 3 is 2.59 bits per heavy atom. The highest BCUT2D eigenvalue weighted by Gasteiger charge is 2.26. The molecule has 1 saturated heterocycles. The highest BCUT2D eigenvalue weighted by Crippen LogP contribution is 2.31. The first-order valence-electron chi connectivity index (χ1n) is 10.9. The number of amides is 1. The number of nitrogens with one attached hydrogen (secondary N) is 1. The van der Waals surface area contributed by atoms with Gasteiger partial charge in [0.1, 0.15) is 11.9 Å². The van der Waals surface area contributed by atoms with Crippen molar-refractivity contribution in [1.29, 1.82) is 5.26 Å². The van der Waals surface area contributed by atoms with Gasteiger partial charge in [-0.1, -0.05) is 38.4 Å². The second kappa shape index (κ2) is 10.1. The molecule has 0 spiro atoms. The summed E-state index contributed by atoms with van der Waals surface area (Å²) in [5.41, 5.74) is 1.32. The van der Waals surface area contributed by atoms with Crippen LogP contribution in [-0.4, -0.2) is 29.8 Å². The Hall–Kier alpha value is -2.91. The molecule has 1 N–H and O–H groups in total. The summed E-state index contributed by atoms with van der Waals surface area (Å²) < 4.78 is 0. The van der Waals surface area contributed by atoms with Crippen LogP contribution in [0.2, 0.25) is 5.02 Å². The third-order valence-corrected chi connectivity index (χ3v) is 5.72. The van der Waals surface area contributed by atoms with Gasteiger partial charge in [0.25, 0.3) is 5.91 Å². The minimum atomic E-state index is -0.312. The number of nitriles is 1. The Morgan fingerprint density at radius 2 is 1.97 bits per heavy atom. The van der Waals surface area contributed by atoms with Crippen LogP contribution in [0, 0.1) is 22.7 Å². The largest absolute Gasteiger partial charge is 0.355 e. The van der Waals surface area contributed by atoms with Gasteiger partial charge in [-0.3, -0.25) is 9.59 Å². The van der Waals surface area contributed by atoms with Gasteiger partial charge in [0.2, 0.25) is 0 Å². The van der Waals surface area contributed by atoms with Gasteiger partial charge in [-0.25, -0.2) is 4.98 Å². The second-order valence-electron chi connectivity index (χ2n) is 9.58. The third kappa shape index (κ3) is 6.54. The SMILES string of the molecule is CC(C)(C)CC(=O)CC1CCN(c2ncc(C#N)cc2NC(=O)c2cccc(Cl)c2)CC1. The number of Topliss-reactive ketones (excluding diaryl/α,β-unsaturated/α-hetero) is 1. The zero-order valence-electron chi connectivity index (χ0n) is 18.8. The zero-order valence-corrected chi connectivity index (χ0v) is 19.6. The molecule has 2 aromatic rings. The molecule has 0 radical (unpaired) electrons. The van der Waals surface area contributed by atoms with E-state index in [-0.39, 0.29) is 11.3 Å².